The van der Waals surface area contributed by atoms with Crippen LogP contribution in [0.4, 0.5) is 5.69 Å². The Morgan fingerprint density at radius 3 is 2.57 bits per heavy atom. The number of anilines is 1. The number of amides is 1. The van der Waals surface area contributed by atoms with Gasteiger partial charge in [-0.25, -0.2) is 13.4 Å². The lowest BCUT2D eigenvalue weighted by Crippen LogP contribution is -2.32. The molecule has 0 bridgehead atoms. The molecule has 3 aromatic rings. The molecule has 0 spiro atoms. The number of ether oxygens (including phenoxy) is 1. The normalized spacial score (nSPS) is 12.1. The van der Waals surface area contributed by atoms with Crippen LogP contribution in [0.25, 0.3) is 0 Å². The monoisotopic (exact) mass is 425 g/mol. The summed E-state index contributed by atoms with van der Waals surface area (Å²) in [6.45, 7) is 3.89. The molecule has 1 amide bonds. The first kappa shape index (κ1) is 21.3. The van der Waals surface area contributed by atoms with Crippen LogP contribution in [-0.4, -0.2) is 25.4 Å². The molecular formula is C22H23N3O4S. The minimum Gasteiger partial charge on any atom is -0.438 e. The zero-order valence-corrected chi connectivity index (χ0v) is 17.5. The second-order valence-corrected chi connectivity index (χ2v) is 8.37. The second-order valence-electron chi connectivity index (χ2n) is 6.69. The van der Waals surface area contributed by atoms with Crippen molar-refractivity contribution < 1.29 is 17.9 Å². The zero-order chi connectivity index (χ0) is 21.6. The Morgan fingerprint density at radius 1 is 1.07 bits per heavy atom. The third kappa shape index (κ3) is 5.36. The number of aromatic nitrogens is 1. The molecule has 1 atom stereocenters. The number of hydrogen-bond acceptors (Lipinski definition) is 5. The van der Waals surface area contributed by atoms with E-state index in [2.05, 4.69) is 15.0 Å². The van der Waals surface area contributed by atoms with Gasteiger partial charge in [-0.2, -0.15) is 0 Å². The van der Waals surface area contributed by atoms with E-state index in [-0.39, 0.29) is 22.7 Å². The molecule has 0 aliphatic heterocycles. The Morgan fingerprint density at radius 2 is 1.83 bits per heavy atom. The average molecular weight is 426 g/mol. The van der Waals surface area contributed by atoms with Crippen LogP contribution in [0.2, 0.25) is 0 Å². The molecule has 0 radical (unpaired) electrons. The first-order valence-corrected chi connectivity index (χ1v) is 11.0. The Balaban J connectivity index is 1.81. The maximum absolute atomic E-state index is 12.5. The molecule has 1 heterocycles. The van der Waals surface area contributed by atoms with Gasteiger partial charge in [-0.05, 0) is 49.7 Å². The van der Waals surface area contributed by atoms with Crippen molar-refractivity contribution in [3.63, 3.8) is 0 Å². The lowest BCUT2D eigenvalue weighted by atomic mass is 10.2. The molecule has 2 N–H and O–H groups in total. The van der Waals surface area contributed by atoms with Gasteiger partial charge in [0.1, 0.15) is 11.3 Å². The van der Waals surface area contributed by atoms with Crippen molar-refractivity contribution in [3.05, 3.63) is 78.5 Å². The Kier molecular flexibility index (Phi) is 6.68. The number of sulfonamides is 1. The fraction of sp³-hybridized carbons (Fsp3) is 0.182. The molecule has 8 heteroatoms. The molecule has 2 aromatic carbocycles. The van der Waals surface area contributed by atoms with Crippen molar-refractivity contribution in [3.8, 4) is 11.6 Å². The number of nitrogens with one attached hydrogen (secondary N) is 2. The van der Waals surface area contributed by atoms with E-state index in [1.165, 1.54) is 24.4 Å². The highest BCUT2D eigenvalue weighted by molar-refractivity contribution is 7.92. The Hall–Kier alpha value is -3.39. The number of benzene rings is 2. The molecule has 0 aliphatic carbocycles. The van der Waals surface area contributed by atoms with Crippen LogP contribution in [0.1, 0.15) is 30.6 Å². The summed E-state index contributed by atoms with van der Waals surface area (Å²) in [4.78, 5) is 16.8. The quantitative estimate of drug-likeness (QED) is 0.564. The highest BCUT2D eigenvalue weighted by Crippen LogP contribution is 2.26. The lowest BCUT2D eigenvalue weighted by molar-refractivity contribution is 0.0936. The number of carbonyl (C=O) groups is 1. The van der Waals surface area contributed by atoms with Gasteiger partial charge in [-0.15, -0.1) is 0 Å². The summed E-state index contributed by atoms with van der Waals surface area (Å²) >= 11 is 0. The van der Waals surface area contributed by atoms with E-state index in [0.717, 1.165) is 6.42 Å². The SMILES string of the molecule is CC[C@@H](C)NC(=O)c1cccnc1Oc1cccc(NS(=O)(=O)c2ccccc2)c1. The number of hydrogen-bond donors (Lipinski definition) is 2. The minimum atomic E-state index is -3.73. The molecule has 0 saturated heterocycles. The van der Waals surface area contributed by atoms with E-state index in [0.29, 0.717) is 17.0 Å². The van der Waals surface area contributed by atoms with Crippen LogP contribution in [0, 0.1) is 0 Å². The van der Waals surface area contributed by atoms with Crippen LogP contribution in [0.5, 0.6) is 11.6 Å². The summed E-state index contributed by atoms with van der Waals surface area (Å²) in [7, 11) is -3.73. The van der Waals surface area contributed by atoms with Gasteiger partial charge in [0.25, 0.3) is 15.9 Å². The van der Waals surface area contributed by atoms with Gasteiger partial charge < -0.3 is 10.1 Å². The molecule has 30 heavy (non-hydrogen) atoms. The second kappa shape index (κ2) is 9.41. The van der Waals surface area contributed by atoms with Crippen molar-refractivity contribution in [2.45, 2.75) is 31.2 Å². The number of nitrogens with zero attached hydrogens (tertiary/aromatic N) is 1. The molecule has 3 rings (SSSR count). The average Bonchev–Trinajstić information content (AvgIpc) is 2.74. The van der Waals surface area contributed by atoms with Crippen molar-refractivity contribution >= 4 is 21.6 Å². The standard InChI is InChI=1S/C22H23N3O4S/c1-3-16(2)24-21(26)20-13-8-14-23-22(20)29-18-10-7-9-17(15-18)25-30(27,28)19-11-5-4-6-12-19/h4-16,25H,3H2,1-2H3,(H,24,26)/t16-/m1/s1. The lowest BCUT2D eigenvalue weighted by Gasteiger charge is -2.14. The van der Waals surface area contributed by atoms with Gasteiger partial charge in [0.2, 0.25) is 5.88 Å². The van der Waals surface area contributed by atoms with Crippen LogP contribution in [0.3, 0.4) is 0 Å². The van der Waals surface area contributed by atoms with Crippen molar-refractivity contribution in [1.82, 2.24) is 10.3 Å². The molecule has 0 aliphatic rings. The van der Waals surface area contributed by atoms with E-state index in [9.17, 15) is 13.2 Å². The van der Waals surface area contributed by atoms with Gasteiger partial charge in [-0.3, -0.25) is 9.52 Å². The summed E-state index contributed by atoms with van der Waals surface area (Å²) in [5.74, 6) is 0.203. The number of carbonyl (C=O) groups excluding carboxylic acids is 1. The Labute approximate surface area is 176 Å². The molecule has 0 saturated carbocycles. The van der Waals surface area contributed by atoms with Gasteiger partial charge in [-0.1, -0.05) is 31.2 Å². The maximum atomic E-state index is 12.5. The smallest absolute Gasteiger partial charge is 0.261 e. The number of pyridine rings is 1. The third-order valence-electron chi connectivity index (χ3n) is 4.36. The first-order chi connectivity index (χ1) is 14.4. The van der Waals surface area contributed by atoms with Crippen LogP contribution >= 0.6 is 0 Å². The predicted octanol–water partition coefficient (Wildman–Crippen LogP) is 4.20. The summed E-state index contributed by atoms with van der Waals surface area (Å²) in [6, 6.07) is 17.8. The summed E-state index contributed by atoms with van der Waals surface area (Å²) in [5.41, 5.74) is 0.631. The largest absolute Gasteiger partial charge is 0.438 e. The van der Waals surface area contributed by atoms with E-state index >= 15 is 0 Å². The van der Waals surface area contributed by atoms with Crippen molar-refractivity contribution in [2.24, 2.45) is 0 Å². The fourth-order valence-electron chi connectivity index (χ4n) is 2.60. The number of rotatable bonds is 8. The Bertz CT molecular complexity index is 1120. The van der Waals surface area contributed by atoms with Crippen LogP contribution in [-0.2, 0) is 10.0 Å². The fourth-order valence-corrected chi connectivity index (χ4v) is 3.67. The van der Waals surface area contributed by atoms with Gasteiger partial charge in [0.15, 0.2) is 0 Å². The van der Waals surface area contributed by atoms with E-state index in [1.54, 1.807) is 48.5 Å². The third-order valence-corrected chi connectivity index (χ3v) is 5.76. The minimum absolute atomic E-state index is 0.0151. The van der Waals surface area contributed by atoms with Gasteiger partial charge in [0, 0.05) is 18.3 Å². The van der Waals surface area contributed by atoms with E-state index < -0.39 is 10.0 Å². The summed E-state index contributed by atoms with van der Waals surface area (Å²) in [6.07, 6.45) is 2.32. The van der Waals surface area contributed by atoms with E-state index in [1.807, 2.05) is 13.8 Å². The molecule has 0 fully saturated rings. The summed E-state index contributed by atoms with van der Waals surface area (Å²) in [5, 5.41) is 2.88. The van der Waals surface area contributed by atoms with E-state index in [4.69, 9.17) is 4.74 Å². The summed E-state index contributed by atoms with van der Waals surface area (Å²) < 4.78 is 33.4. The van der Waals surface area contributed by atoms with Crippen LogP contribution < -0.4 is 14.8 Å². The first-order valence-electron chi connectivity index (χ1n) is 9.50. The van der Waals surface area contributed by atoms with Gasteiger partial charge >= 0.3 is 0 Å². The zero-order valence-electron chi connectivity index (χ0n) is 16.7. The molecule has 156 valence electrons. The van der Waals surface area contributed by atoms with Crippen LogP contribution in [0.15, 0.2) is 77.8 Å². The predicted molar refractivity (Wildman–Crippen MR) is 115 cm³/mol. The molecule has 0 unspecified atom stereocenters. The van der Waals surface area contributed by atoms with Gasteiger partial charge in [0.05, 0.1) is 10.6 Å². The molecule has 7 nitrogen and oxygen atoms in total. The maximum Gasteiger partial charge on any atom is 0.261 e. The van der Waals surface area contributed by atoms with Crippen molar-refractivity contribution in [1.29, 1.82) is 0 Å². The highest BCUT2D eigenvalue weighted by Gasteiger charge is 2.17. The molecule has 1 aromatic heterocycles. The topological polar surface area (TPSA) is 97.4 Å². The highest BCUT2D eigenvalue weighted by atomic mass is 32.2. The molecular weight excluding hydrogens is 402 g/mol. The van der Waals surface area contributed by atoms with Crippen molar-refractivity contribution in [2.75, 3.05) is 4.72 Å².